The normalized spacial score (nSPS) is 10.5. The summed E-state index contributed by atoms with van der Waals surface area (Å²) in [6.07, 6.45) is 0.744. The minimum Gasteiger partial charge on any atom is -0.496 e. The number of hydrogen-bond acceptors (Lipinski definition) is 6. The average Bonchev–Trinajstić information content (AvgIpc) is 2.70. The minimum atomic E-state index is -0.586. The van der Waals surface area contributed by atoms with Gasteiger partial charge in [0.05, 0.1) is 31.2 Å². The SMILES string of the molecule is CCCN(CC(=O)Nc1ccccc1C)CC(=O)Nc1ccc(OC)cc1[N+](=O)[O-]. The van der Waals surface area contributed by atoms with Crippen LogP contribution in [-0.2, 0) is 9.59 Å². The number of hydrogen-bond donors (Lipinski definition) is 2. The summed E-state index contributed by atoms with van der Waals surface area (Å²) in [5.74, 6) is -0.360. The summed E-state index contributed by atoms with van der Waals surface area (Å²) in [5, 5.41) is 16.7. The predicted octanol–water partition coefficient (Wildman–Crippen LogP) is 3.20. The molecule has 2 aromatic rings. The van der Waals surface area contributed by atoms with E-state index in [1.807, 2.05) is 38.1 Å². The fourth-order valence-corrected chi connectivity index (χ4v) is 2.92. The molecule has 0 aliphatic heterocycles. The molecule has 2 rings (SSSR count). The van der Waals surface area contributed by atoms with Crippen molar-refractivity contribution >= 4 is 28.9 Å². The van der Waals surface area contributed by atoms with Gasteiger partial charge in [-0.2, -0.15) is 0 Å². The van der Waals surface area contributed by atoms with Gasteiger partial charge >= 0.3 is 0 Å². The fourth-order valence-electron chi connectivity index (χ4n) is 2.92. The van der Waals surface area contributed by atoms with Crippen LogP contribution in [0.1, 0.15) is 18.9 Å². The summed E-state index contributed by atoms with van der Waals surface area (Å²) in [7, 11) is 1.40. The van der Waals surface area contributed by atoms with Crippen LogP contribution in [0, 0.1) is 17.0 Å². The largest absolute Gasteiger partial charge is 0.496 e. The van der Waals surface area contributed by atoms with Gasteiger partial charge in [-0.05, 0) is 43.7 Å². The highest BCUT2D eigenvalue weighted by Gasteiger charge is 2.19. The van der Waals surface area contributed by atoms with E-state index < -0.39 is 10.8 Å². The highest BCUT2D eigenvalue weighted by molar-refractivity contribution is 5.96. The van der Waals surface area contributed by atoms with E-state index in [-0.39, 0.29) is 30.4 Å². The number of nitrogens with one attached hydrogen (secondary N) is 2. The van der Waals surface area contributed by atoms with Gasteiger partial charge in [-0.15, -0.1) is 0 Å². The second-order valence-corrected chi connectivity index (χ2v) is 6.76. The summed E-state index contributed by atoms with van der Waals surface area (Å²) < 4.78 is 4.99. The minimum absolute atomic E-state index is 0.0281. The first-order valence-electron chi connectivity index (χ1n) is 9.54. The van der Waals surface area contributed by atoms with Gasteiger partial charge in [0.15, 0.2) is 0 Å². The molecule has 0 spiro atoms. The van der Waals surface area contributed by atoms with Crippen molar-refractivity contribution in [2.24, 2.45) is 0 Å². The zero-order valence-electron chi connectivity index (χ0n) is 17.3. The zero-order valence-corrected chi connectivity index (χ0v) is 17.3. The molecule has 0 saturated heterocycles. The van der Waals surface area contributed by atoms with Gasteiger partial charge in [-0.1, -0.05) is 25.1 Å². The van der Waals surface area contributed by atoms with Crippen LogP contribution in [0.15, 0.2) is 42.5 Å². The van der Waals surface area contributed by atoms with E-state index >= 15 is 0 Å². The van der Waals surface area contributed by atoms with Gasteiger partial charge in [0.25, 0.3) is 5.69 Å². The Morgan fingerprint density at radius 1 is 1.07 bits per heavy atom. The van der Waals surface area contributed by atoms with E-state index in [2.05, 4.69) is 10.6 Å². The highest BCUT2D eigenvalue weighted by atomic mass is 16.6. The molecule has 0 aromatic heterocycles. The number of para-hydroxylation sites is 1. The number of amides is 2. The molecule has 0 saturated carbocycles. The van der Waals surface area contributed by atoms with Crippen LogP contribution in [0.2, 0.25) is 0 Å². The van der Waals surface area contributed by atoms with E-state index in [0.717, 1.165) is 17.7 Å². The van der Waals surface area contributed by atoms with Crippen molar-refractivity contribution in [3.05, 3.63) is 58.1 Å². The molecule has 0 bridgehead atoms. The number of nitrogens with zero attached hydrogens (tertiary/aromatic N) is 2. The number of benzene rings is 2. The van der Waals surface area contributed by atoms with Crippen LogP contribution in [0.25, 0.3) is 0 Å². The van der Waals surface area contributed by atoms with Crippen LogP contribution >= 0.6 is 0 Å². The van der Waals surface area contributed by atoms with E-state index in [9.17, 15) is 19.7 Å². The van der Waals surface area contributed by atoms with Crippen LogP contribution in [-0.4, -0.2) is 48.4 Å². The van der Waals surface area contributed by atoms with E-state index in [0.29, 0.717) is 12.3 Å². The predicted molar refractivity (Wildman–Crippen MR) is 115 cm³/mol. The van der Waals surface area contributed by atoms with Crippen molar-refractivity contribution in [2.45, 2.75) is 20.3 Å². The van der Waals surface area contributed by atoms with Gasteiger partial charge in [-0.25, -0.2) is 0 Å². The van der Waals surface area contributed by atoms with Crippen molar-refractivity contribution < 1.29 is 19.2 Å². The lowest BCUT2D eigenvalue weighted by atomic mass is 10.2. The maximum atomic E-state index is 12.5. The molecular formula is C21H26N4O5. The summed E-state index contributed by atoms with van der Waals surface area (Å²) in [5.41, 5.74) is 1.48. The Balaban J connectivity index is 2.02. The smallest absolute Gasteiger partial charge is 0.296 e. The molecule has 9 nitrogen and oxygen atoms in total. The van der Waals surface area contributed by atoms with Gasteiger partial charge in [0.2, 0.25) is 11.8 Å². The van der Waals surface area contributed by atoms with Gasteiger partial charge in [-0.3, -0.25) is 24.6 Å². The molecule has 9 heteroatoms. The summed E-state index contributed by atoms with van der Waals surface area (Å²) in [6.45, 7) is 4.32. The number of carbonyl (C=O) groups is 2. The number of methoxy groups -OCH3 is 1. The number of aryl methyl sites for hydroxylation is 1. The summed E-state index contributed by atoms with van der Waals surface area (Å²) in [6, 6.07) is 11.6. The second-order valence-electron chi connectivity index (χ2n) is 6.76. The molecule has 0 unspecified atom stereocenters. The number of rotatable bonds is 10. The molecule has 0 radical (unpaired) electrons. The molecule has 0 aliphatic carbocycles. The number of nitro groups is 1. The molecular weight excluding hydrogens is 388 g/mol. The number of carbonyl (C=O) groups excluding carboxylic acids is 2. The lowest BCUT2D eigenvalue weighted by molar-refractivity contribution is -0.384. The standard InChI is InChI=1S/C21H26N4O5/c1-4-11-24(13-20(26)22-17-8-6-5-7-15(17)2)14-21(27)23-18-10-9-16(30-3)12-19(18)25(28)29/h5-10,12H,4,11,13-14H2,1-3H3,(H,22,26)(H,23,27). The van der Waals surface area contributed by atoms with E-state index in [1.54, 1.807) is 4.90 Å². The first kappa shape index (κ1) is 22.8. The Hall–Kier alpha value is -3.46. The maximum absolute atomic E-state index is 12.5. The first-order valence-corrected chi connectivity index (χ1v) is 9.54. The first-order chi connectivity index (χ1) is 14.3. The van der Waals surface area contributed by atoms with Gasteiger partial charge < -0.3 is 15.4 Å². The van der Waals surface area contributed by atoms with Crippen LogP contribution in [0.4, 0.5) is 17.1 Å². The third-order valence-electron chi connectivity index (χ3n) is 4.37. The lowest BCUT2D eigenvalue weighted by Gasteiger charge is -2.21. The quantitative estimate of drug-likeness (QED) is 0.456. The molecule has 0 fully saturated rings. The lowest BCUT2D eigenvalue weighted by Crippen LogP contribution is -2.39. The number of anilines is 2. The Kier molecular flexibility index (Phi) is 8.30. The van der Waals surface area contributed by atoms with Crippen molar-refractivity contribution in [3.63, 3.8) is 0 Å². The van der Waals surface area contributed by atoms with Crippen molar-refractivity contribution in [3.8, 4) is 5.75 Å². The molecule has 2 amide bonds. The van der Waals surface area contributed by atoms with Gasteiger partial charge in [0.1, 0.15) is 11.4 Å². The van der Waals surface area contributed by atoms with Crippen LogP contribution in [0.5, 0.6) is 5.75 Å². The summed E-state index contributed by atoms with van der Waals surface area (Å²) in [4.78, 5) is 37.3. The Bertz CT molecular complexity index is 916. The van der Waals surface area contributed by atoms with Crippen molar-refractivity contribution in [2.75, 3.05) is 37.4 Å². The summed E-state index contributed by atoms with van der Waals surface area (Å²) >= 11 is 0. The van der Waals surface area contributed by atoms with E-state index in [1.165, 1.54) is 25.3 Å². The number of ether oxygens (including phenoxy) is 1. The fraction of sp³-hybridized carbons (Fsp3) is 0.333. The second kappa shape index (κ2) is 10.9. The molecule has 2 aromatic carbocycles. The zero-order chi connectivity index (χ0) is 22.1. The highest BCUT2D eigenvalue weighted by Crippen LogP contribution is 2.28. The third-order valence-corrected chi connectivity index (χ3v) is 4.37. The van der Waals surface area contributed by atoms with Crippen molar-refractivity contribution in [1.29, 1.82) is 0 Å². The average molecular weight is 414 g/mol. The maximum Gasteiger partial charge on any atom is 0.296 e. The Morgan fingerprint density at radius 3 is 2.27 bits per heavy atom. The molecule has 30 heavy (non-hydrogen) atoms. The molecule has 0 heterocycles. The monoisotopic (exact) mass is 414 g/mol. The molecule has 160 valence electrons. The topological polar surface area (TPSA) is 114 Å². The van der Waals surface area contributed by atoms with Crippen LogP contribution in [0.3, 0.4) is 0 Å². The van der Waals surface area contributed by atoms with Gasteiger partial charge in [0, 0.05) is 5.69 Å². The number of nitro benzene ring substituents is 1. The van der Waals surface area contributed by atoms with E-state index in [4.69, 9.17) is 4.74 Å². The molecule has 0 atom stereocenters. The third kappa shape index (κ3) is 6.56. The molecule has 2 N–H and O–H groups in total. The Labute approximate surface area is 175 Å². The van der Waals surface area contributed by atoms with Crippen molar-refractivity contribution in [1.82, 2.24) is 4.90 Å². The Morgan fingerprint density at radius 2 is 1.70 bits per heavy atom. The molecule has 0 aliphatic rings. The van der Waals surface area contributed by atoms with Crippen LogP contribution < -0.4 is 15.4 Å².